The highest BCUT2D eigenvalue weighted by Crippen LogP contribution is 2.23. The molecule has 0 aliphatic carbocycles. The lowest BCUT2D eigenvalue weighted by atomic mass is 10.3. The molecule has 1 aromatic carbocycles. The van der Waals surface area contributed by atoms with Crippen LogP contribution in [0.2, 0.25) is 0 Å². The summed E-state index contributed by atoms with van der Waals surface area (Å²) in [4.78, 5) is 8.16. The Labute approximate surface area is 99.4 Å². The molecule has 1 heterocycles. The highest BCUT2D eigenvalue weighted by atomic mass is 16.5. The minimum absolute atomic E-state index is 0.484. The Kier molecular flexibility index (Phi) is 3.40. The fraction of sp³-hybridized carbons (Fsp3) is 0.167. The third kappa shape index (κ3) is 2.84. The van der Waals surface area contributed by atoms with Crippen molar-refractivity contribution in [2.75, 3.05) is 19.5 Å². The average Bonchev–Trinajstić information content (AvgIpc) is 2.39. The number of rotatable bonds is 4. The number of ether oxygens (including phenoxy) is 2. The van der Waals surface area contributed by atoms with Crippen LogP contribution in [0.25, 0.3) is 0 Å². The fourth-order valence-electron chi connectivity index (χ4n) is 1.30. The number of nitrogens with zero attached hydrogens (tertiary/aromatic N) is 2. The first-order chi connectivity index (χ1) is 8.31. The second-order valence-electron chi connectivity index (χ2n) is 3.25. The van der Waals surface area contributed by atoms with Gasteiger partial charge in [-0.1, -0.05) is 6.07 Å². The number of aromatic nitrogens is 2. The highest BCUT2D eigenvalue weighted by molar-refractivity contribution is 5.36. The Morgan fingerprint density at radius 3 is 2.76 bits per heavy atom. The summed E-state index contributed by atoms with van der Waals surface area (Å²) in [7, 11) is 3.37. The van der Waals surface area contributed by atoms with Gasteiger partial charge in [-0.05, 0) is 12.1 Å². The molecule has 0 saturated carbocycles. The van der Waals surface area contributed by atoms with Crippen LogP contribution in [0.1, 0.15) is 0 Å². The molecule has 0 amide bonds. The van der Waals surface area contributed by atoms with Crippen molar-refractivity contribution < 1.29 is 9.47 Å². The van der Waals surface area contributed by atoms with E-state index >= 15 is 0 Å². The third-order valence-corrected chi connectivity index (χ3v) is 2.12. The van der Waals surface area contributed by atoms with Gasteiger partial charge in [0.15, 0.2) is 0 Å². The number of nitrogens with one attached hydrogen (secondary N) is 1. The summed E-state index contributed by atoms with van der Waals surface area (Å²) in [6.45, 7) is 0. The summed E-state index contributed by atoms with van der Waals surface area (Å²) in [5.74, 6) is 2.42. The van der Waals surface area contributed by atoms with Crippen molar-refractivity contribution in [3.05, 3.63) is 36.5 Å². The van der Waals surface area contributed by atoms with E-state index in [4.69, 9.17) is 9.47 Å². The van der Waals surface area contributed by atoms with E-state index in [2.05, 4.69) is 15.3 Å². The van der Waals surface area contributed by atoms with Crippen molar-refractivity contribution in [1.29, 1.82) is 0 Å². The van der Waals surface area contributed by atoms with Crippen molar-refractivity contribution in [3.63, 3.8) is 0 Å². The Balaban J connectivity index is 2.18. The number of benzene rings is 1. The predicted molar refractivity (Wildman–Crippen MR) is 64.6 cm³/mol. The maximum atomic E-state index is 5.59. The molecule has 17 heavy (non-hydrogen) atoms. The van der Waals surface area contributed by atoms with Crippen molar-refractivity contribution in [2.45, 2.75) is 0 Å². The van der Waals surface area contributed by atoms with Crippen molar-refractivity contribution in [2.24, 2.45) is 0 Å². The molecule has 2 aromatic rings. The summed E-state index contributed by atoms with van der Waals surface area (Å²) < 4.78 is 10.7. The zero-order valence-corrected chi connectivity index (χ0v) is 9.68. The molecule has 0 unspecified atom stereocenters. The van der Waals surface area contributed by atoms with Crippen LogP contribution in [0.15, 0.2) is 36.5 Å². The minimum Gasteiger partial charge on any atom is -0.497 e. The van der Waals surface area contributed by atoms with Gasteiger partial charge in [-0.15, -0.1) is 0 Å². The van der Waals surface area contributed by atoms with Gasteiger partial charge >= 0.3 is 0 Å². The van der Waals surface area contributed by atoms with Crippen LogP contribution in [-0.4, -0.2) is 24.1 Å². The molecular formula is C12H13N3O2. The predicted octanol–water partition coefficient (Wildman–Crippen LogP) is 2.32. The van der Waals surface area contributed by atoms with Gasteiger partial charge in [0.05, 0.1) is 7.11 Å². The van der Waals surface area contributed by atoms with E-state index in [1.54, 1.807) is 32.5 Å². The van der Waals surface area contributed by atoms with Crippen LogP contribution in [0.5, 0.6) is 17.4 Å². The Morgan fingerprint density at radius 2 is 2.00 bits per heavy atom. The van der Waals surface area contributed by atoms with Crippen LogP contribution in [0.4, 0.5) is 5.95 Å². The van der Waals surface area contributed by atoms with E-state index in [-0.39, 0.29) is 0 Å². The van der Waals surface area contributed by atoms with Gasteiger partial charge in [-0.2, -0.15) is 4.98 Å². The molecule has 0 radical (unpaired) electrons. The van der Waals surface area contributed by atoms with Crippen LogP contribution in [-0.2, 0) is 0 Å². The first kappa shape index (κ1) is 11.2. The second-order valence-corrected chi connectivity index (χ2v) is 3.25. The van der Waals surface area contributed by atoms with Crippen molar-refractivity contribution in [3.8, 4) is 17.4 Å². The zero-order valence-electron chi connectivity index (χ0n) is 9.68. The SMILES string of the molecule is CNc1nccc(Oc2cccc(OC)c2)n1. The number of hydrogen-bond donors (Lipinski definition) is 1. The lowest BCUT2D eigenvalue weighted by Crippen LogP contribution is -1.97. The quantitative estimate of drug-likeness (QED) is 0.875. The summed E-state index contributed by atoms with van der Waals surface area (Å²) in [5.41, 5.74) is 0. The minimum atomic E-state index is 0.484. The molecule has 1 aromatic heterocycles. The normalized spacial score (nSPS) is 9.76. The van der Waals surface area contributed by atoms with Gasteiger partial charge in [0.25, 0.3) is 0 Å². The summed E-state index contributed by atoms with van der Waals surface area (Å²) in [6.07, 6.45) is 1.63. The first-order valence-corrected chi connectivity index (χ1v) is 5.14. The Bertz CT molecular complexity index is 457. The van der Waals surface area contributed by atoms with Gasteiger partial charge in [0, 0.05) is 25.4 Å². The summed E-state index contributed by atoms with van der Waals surface area (Å²) in [5, 5.41) is 2.85. The number of anilines is 1. The first-order valence-electron chi connectivity index (χ1n) is 5.14. The van der Waals surface area contributed by atoms with Crippen LogP contribution < -0.4 is 14.8 Å². The van der Waals surface area contributed by atoms with Gasteiger partial charge in [0.1, 0.15) is 11.5 Å². The molecule has 0 bridgehead atoms. The molecular weight excluding hydrogens is 218 g/mol. The largest absolute Gasteiger partial charge is 0.497 e. The lowest BCUT2D eigenvalue weighted by Gasteiger charge is -2.07. The van der Waals surface area contributed by atoms with E-state index in [1.165, 1.54) is 0 Å². The lowest BCUT2D eigenvalue weighted by molar-refractivity contribution is 0.407. The second kappa shape index (κ2) is 5.16. The molecule has 0 atom stereocenters. The molecule has 0 spiro atoms. The molecule has 88 valence electrons. The maximum Gasteiger partial charge on any atom is 0.225 e. The van der Waals surface area contributed by atoms with E-state index in [1.807, 2.05) is 18.2 Å². The average molecular weight is 231 g/mol. The molecule has 1 N–H and O–H groups in total. The molecule has 0 aliphatic heterocycles. The topological polar surface area (TPSA) is 56.3 Å². The molecule has 0 fully saturated rings. The van der Waals surface area contributed by atoms with Gasteiger partial charge in [-0.25, -0.2) is 4.98 Å². The summed E-state index contributed by atoms with van der Waals surface area (Å²) >= 11 is 0. The van der Waals surface area contributed by atoms with E-state index < -0.39 is 0 Å². The van der Waals surface area contributed by atoms with E-state index in [0.717, 1.165) is 5.75 Å². The monoisotopic (exact) mass is 231 g/mol. The van der Waals surface area contributed by atoms with Crippen LogP contribution in [0.3, 0.4) is 0 Å². The third-order valence-electron chi connectivity index (χ3n) is 2.12. The van der Waals surface area contributed by atoms with Crippen molar-refractivity contribution in [1.82, 2.24) is 9.97 Å². The standard InChI is InChI=1S/C12H13N3O2/c1-13-12-14-7-6-11(15-12)17-10-5-3-4-9(8-10)16-2/h3-8H,1-2H3,(H,13,14,15). The Hall–Kier alpha value is -2.30. The highest BCUT2D eigenvalue weighted by Gasteiger charge is 2.01. The van der Waals surface area contributed by atoms with E-state index in [0.29, 0.717) is 17.6 Å². The molecule has 0 saturated heterocycles. The molecule has 0 aliphatic rings. The molecule has 2 rings (SSSR count). The molecule has 5 heteroatoms. The Morgan fingerprint density at radius 1 is 1.18 bits per heavy atom. The summed E-state index contributed by atoms with van der Waals surface area (Å²) in [6, 6.07) is 9.03. The number of methoxy groups -OCH3 is 1. The maximum absolute atomic E-state index is 5.59. The zero-order chi connectivity index (χ0) is 12.1. The van der Waals surface area contributed by atoms with Gasteiger partial charge < -0.3 is 14.8 Å². The fourth-order valence-corrected chi connectivity index (χ4v) is 1.30. The van der Waals surface area contributed by atoms with Gasteiger partial charge in [0.2, 0.25) is 11.8 Å². The van der Waals surface area contributed by atoms with E-state index in [9.17, 15) is 0 Å². The van der Waals surface area contributed by atoms with Gasteiger partial charge in [-0.3, -0.25) is 0 Å². The van der Waals surface area contributed by atoms with Crippen LogP contribution in [0, 0.1) is 0 Å². The van der Waals surface area contributed by atoms with Crippen molar-refractivity contribution >= 4 is 5.95 Å². The smallest absolute Gasteiger partial charge is 0.225 e. The van der Waals surface area contributed by atoms with Crippen LogP contribution >= 0.6 is 0 Å². The number of hydrogen-bond acceptors (Lipinski definition) is 5. The molecule has 5 nitrogen and oxygen atoms in total.